The zero-order valence-corrected chi connectivity index (χ0v) is 11.2. The average molecular weight is 241 g/mol. The van der Waals surface area contributed by atoms with Gasteiger partial charge in [0.25, 0.3) is 0 Å². The van der Waals surface area contributed by atoms with Gasteiger partial charge in [0.1, 0.15) is 5.75 Å². The number of hydrogen-bond acceptors (Lipinski definition) is 2. The van der Waals surface area contributed by atoms with Crippen molar-refractivity contribution in [3.05, 3.63) is 54.1 Å². The van der Waals surface area contributed by atoms with Crippen molar-refractivity contribution < 1.29 is 4.74 Å². The van der Waals surface area contributed by atoms with Crippen LogP contribution in [0, 0.1) is 0 Å². The first kappa shape index (κ1) is 12.7. The van der Waals surface area contributed by atoms with E-state index in [0.717, 1.165) is 17.9 Å². The summed E-state index contributed by atoms with van der Waals surface area (Å²) in [7, 11) is 5.87. The van der Waals surface area contributed by atoms with Crippen LogP contribution in [0.5, 0.6) is 5.75 Å². The zero-order valence-electron chi connectivity index (χ0n) is 11.2. The Balaban J connectivity index is 2.38. The van der Waals surface area contributed by atoms with Gasteiger partial charge in [-0.05, 0) is 37.4 Å². The standard InChI is InChI=1S/C16H19NO/c1-17(2)12-13-7-6-8-14(11-13)15-9-4-5-10-16(15)18-3/h4-11H,12H2,1-3H3. The normalized spacial score (nSPS) is 10.7. The fraction of sp³-hybridized carbons (Fsp3) is 0.250. The summed E-state index contributed by atoms with van der Waals surface area (Å²) in [5.41, 5.74) is 3.65. The van der Waals surface area contributed by atoms with E-state index in [0.29, 0.717) is 0 Å². The molecule has 0 amide bonds. The van der Waals surface area contributed by atoms with Gasteiger partial charge >= 0.3 is 0 Å². The minimum atomic E-state index is 0.916. The summed E-state index contributed by atoms with van der Waals surface area (Å²) < 4.78 is 5.41. The lowest BCUT2D eigenvalue weighted by Gasteiger charge is -2.12. The van der Waals surface area contributed by atoms with Gasteiger partial charge in [0, 0.05) is 12.1 Å². The van der Waals surface area contributed by atoms with Gasteiger partial charge in [0.05, 0.1) is 7.11 Å². The molecule has 0 aliphatic carbocycles. The van der Waals surface area contributed by atoms with Gasteiger partial charge < -0.3 is 9.64 Å². The van der Waals surface area contributed by atoms with Gasteiger partial charge in [-0.2, -0.15) is 0 Å². The molecule has 0 saturated carbocycles. The summed E-state index contributed by atoms with van der Waals surface area (Å²) in [5.74, 6) is 0.916. The molecule has 0 bridgehead atoms. The predicted molar refractivity (Wildman–Crippen MR) is 75.8 cm³/mol. The van der Waals surface area contributed by atoms with Crippen LogP contribution in [0.3, 0.4) is 0 Å². The van der Waals surface area contributed by atoms with Crippen molar-refractivity contribution >= 4 is 0 Å². The minimum absolute atomic E-state index is 0.916. The summed E-state index contributed by atoms with van der Waals surface area (Å²) in [6.45, 7) is 0.947. The highest BCUT2D eigenvalue weighted by atomic mass is 16.5. The smallest absolute Gasteiger partial charge is 0.126 e. The first-order chi connectivity index (χ1) is 8.70. The Morgan fingerprint density at radius 3 is 2.50 bits per heavy atom. The highest BCUT2D eigenvalue weighted by Crippen LogP contribution is 2.29. The fourth-order valence-corrected chi connectivity index (χ4v) is 2.09. The van der Waals surface area contributed by atoms with E-state index >= 15 is 0 Å². The SMILES string of the molecule is COc1ccccc1-c1cccc(CN(C)C)c1. The number of rotatable bonds is 4. The highest BCUT2D eigenvalue weighted by Gasteiger charge is 2.05. The van der Waals surface area contributed by atoms with E-state index in [4.69, 9.17) is 4.74 Å². The molecule has 0 radical (unpaired) electrons. The molecule has 94 valence electrons. The van der Waals surface area contributed by atoms with Crippen molar-refractivity contribution in [1.29, 1.82) is 0 Å². The van der Waals surface area contributed by atoms with E-state index in [1.165, 1.54) is 11.1 Å². The van der Waals surface area contributed by atoms with Crippen LogP contribution < -0.4 is 4.74 Å². The second-order valence-corrected chi connectivity index (χ2v) is 4.64. The quantitative estimate of drug-likeness (QED) is 0.813. The lowest BCUT2D eigenvalue weighted by Crippen LogP contribution is -2.10. The van der Waals surface area contributed by atoms with Crippen LogP contribution in [0.25, 0.3) is 11.1 Å². The number of para-hydroxylation sites is 1. The van der Waals surface area contributed by atoms with Gasteiger partial charge in [-0.15, -0.1) is 0 Å². The Kier molecular flexibility index (Phi) is 4.00. The molecule has 0 fully saturated rings. The average Bonchev–Trinajstić information content (AvgIpc) is 2.38. The maximum atomic E-state index is 5.41. The first-order valence-electron chi connectivity index (χ1n) is 6.08. The lowest BCUT2D eigenvalue weighted by atomic mass is 10.0. The van der Waals surface area contributed by atoms with Crippen molar-refractivity contribution in [2.24, 2.45) is 0 Å². The van der Waals surface area contributed by atoms with Gasteiger partial charge in [-0.25, -0.2) is 0 Å². The third-order valence-electron chi connectivity index (χ3n) is 2.84. The number of benzene rings is 2. The largest absolute Gasteiger partial charge is 0.496 e. The van der Waals surface area contributed by atoms with E-state index in [-0.39, 0.29) is 0 Å². The van der Waals surface area contributed by atoms with Crippen LogP contribution in [0.2, 0.25) is 0 Å². The molecule has 0 atom stereocenters. The van der Waals surface area contributed by atoms with Gasteiger partial charge in [-0.1, -0.05) is 36.4 Å². The summed E-state index contributed by atoms with van der Waals surface area (Å²) in [4.78, 5) is 2.17. The van der Waals surface area contributed by atoms with E-state index in [1.807, 2.05) is 18.2 Å². The second-order valence-electron chi connectivity index (χ2n) is 4.64. The molecule has 0 unspecified atom stereocenters. The summed E-state index contributed by atoms with van der Waals surface area (Å²) in [6, 6.07) is 16.7. The van der Waals surface area contributed by atoms with Crippen LogP contribution in [-0.4, -0.2) is 26.1 Å². The van der Waals surface area contributed by atoms with E-state index < -0.39 is 0 Å². The molecular formula is C16H19NO. The Morgan fingerprint density at radius 2 is 1.78 bits per heavy atom. The molecule has 0 spiro atoms. The van der Waals surface area contributed by atoms with E-state index in [1.54, 1.807) is 7.11 Å². The minimum Gasteiger partial charge on any atom is -0.496 e. The van der Waals surface area contributed by atoms with Crippen LogP contribution in [0.1, 0.15) is 5.56 Å². The monoisotopic (exact) mass is 241 g/mol. The second kappa shape index (κ2) is 5.69. The van der Waals surface area contributed by atoms with Crippen molar-refractivity contribution in [3.8, 4) is 16.9 Å². The number of hydrogen-bond donors (Lipinski definition) is 0. The molecule has 0 heterocycles. The van der Waals surface area contributed by atoms with Crippen LogP contribution in [0.15, 0.2) is 48.5 Å². The summed E-state index contributed by atoms with van der Waals surface area (Å²) in [5, 5.41) is 0. The molecule has 0 saturated heterocycles. The summed E-state index contributed by atoms with van der Waals surface area (Å²) in [6.07, 6.45) is 0. The molecule has 0 aromatic heterocycles. The Morgan fingerprint density at radius 1 is 1.00 bits per heavy atom. The van der Waals surface area contributed by atoms with Crippen molar-refractivity contribution in [3.63, 3.8) is 0 Å². The lowest BCUT2D eigenvalue weighted by molar-refractivity contribution is 0.402. The van der Waals surface area contributed by atoms with Gasteiger partial charge in [0.15, 0.2) is 0 Å². The van der Waals surface area contributed by atoms with Crippen LogP contribution in [-0.2, 0) is 6.54 Å². The molecule has 2 heteroatoms. The van der Waals surface area contributed by atoms with Gasteiger partial charge in [0.2, 0.25) is 0 Å². The molecular weight excluding hydrogens is 222 g/mol. The zero-order chi connectivity index (χ0) is 13.0. The third kappa shape index (κ3) is 2.90. The molecule has 18 heavy (non-hydrogen) atoms. The first-order valence-corrected chi connectivity index (χ1v) is 6.08. The molecule has 0 aliphatic rings. The molecule has 0 N–H and O–H groups in total. The highest BCUT2D eigenvalue weighted by molar-refractivity contribution is 5.70. The Labute approximate surface area is 109 Å². The van der Waals surface area contributed by atoms with E-state index in [9.17, 15) is 0 Å². The van der Waals surface area contributed by atoms with Crippen molar-refractivity contribution in [2.75, 3.05) is 21.2 Å². The number of ether oxygens (including phenoxy) is 1. The Hall–Kier alpha value is -1.80. The third-order valence-corrected chi connectivity index (χ3v) is 2.84. The molecule has 2 aromatic carbocycles. The topological polar surface area (TPSA) is 12.5 Å². The van der Waals surface area contributed by atoms with Crippen LogP contribution in [0.4, 0.5) is 0 Å². The molecule has 2 rings (SSSR count). The molecule has 2 aromatic rings. The fourth-order valence-electron chi connectivity index (χ4n) is 2.09. The maximum absolute atomic E-state index is 5.41. The van der Waals surface area contributed by atoms with Crippen molar-refractivity contribution in [1.82, 2.24) is 4.90 Å². The van der Waals surface area contributed by atoms with Crippen LogP contribution >= 0.6 is 0 Å². The van der Waals surface area contributed by atoms with E-state index in [2.05, 4.69) is 49.3 Å². The molecule has 0 aliphatic heterocycles. The van der Waals surface area contributed by atoms with Gasteiger partial charge in [-0.3, -0.25) is 0 Å². The maximum Gasteiger partial charge on any atom is 0.126 e. The predicted octanol–water partition coefficient (Wildman–Crippen LogP) is 3.42. The number of nitrogens with zero attached hydrogens (tertiary/aromatic N) is 1. The van der Waals surface area contributed by atoms with Crippen molar-refractivity contribution in [2.45, 2.75) is 6.54 Å². The number of methoxy groups -OCH3 is 1. The Bertz CT molecular complexity index is 520. The molecule has 2 nitrogen and oxygen atoms in total. The summed E-state index contributed by atoms with van der Waals surface area (Å²) >= 11 is 0.